The summed E-state index contributed by atoms with van der Waals surface area (Å²) in [6.07, 6.45) is 0. The number of nitrogens with two attached hydrogens (primary N) is 1. The van der Waals surface area contributed by atoms with E-state index >= 15 is 0 Å². The second-order valence-corrected chi connectivity index (χ2v) is 4.24. The summed E-state index contributed by atoms with van der Waals surface area (Å²) in [5.74, 6) is 0.627. The van der Waals surface area contributed by atoms with Gasteiger partial charge in [0.1, 0.15) is 5.82 Å². The molecule has 78 valence electrons. The maximum Gasteiger partial charge on any atom is 0.317 e. The van der Waals surface area contributed by atoms with E-state index in [4.69, 9.17) is 5.73 Å². The number of anilines is 1. The number of amides is 2. The lowest BCUT2D eigenvalue weighted by molar-refractivity contribution is 0.259. The van der Waals surface area contributed by atoms with E-state index in [9.17, 15) is 4.79 Å². The number of hydrogen-bond acceptors (Lipinski definition) is 2. The number of carbonyl (C=O) groups is 1. The number of nitrogens with one attached hydrogen (secondary N) is 1. The minimum atomic E-state index is -0.574. The Morgan fingerprint density at radius 1 is 1.57 bits per heavy atom. The van der Waals surface area contributed by atoms with E-state index in [1.54, 1.807) is 10.7 Å². The summed E-state index contributed by atoms with van der Waals surface area (Å²) in [5, 5.41) is 6.82. The van der Waals surface area contributed by atoms with Crippen molar-refractivity contribution in [1.29, 1.82) is 0 Å². The maximum atomic E-state index is 10.7. The summed E-state index contributed by atoms with van der Waals surface area (Å²) in [6.45, 7) is 7.89. The van der Waals surface area contributed by atoms with Crippen LogP contribution in [0.5, 0.6) is 0 Å². The molecule has 1 aromatic heterocycles. The van der Waals surface area contributed by atoms with Gasteiger partial charge >= 0.3 is 6.03 Å². The van der Waals surface area contributed by atoms with Gasteiger partial charge in [-0.3, -0.25) is 5.32 Å². The first kappa shape index (κ1) is 10.6. The largest absolute Gasteiger partial charge is 0.351 e. The number of carbonyl (C=O) groups excluding carboxylic acids is 1. The molecule has 0 aliphatic heterocycles. The van der Waals surface area contributed by atoms with Gasteiger partial charge in [-0.25, -0.2) is 9.48 Å². The summed E-state index contributed by atoms with van der Waals surface area (Å²) in [6, 6.07) is 1.21. The van der Waals surface area contributed by atoms with E-state index in [0.717, 1.165) is 5.69 Å². The van der Waals surface area contributed by atoms with Crippen molar-refractivity contribution in [2.24, 2.45) is 5.73 Å². The molecule has 3 N–H and O–H groups in total. The van der Waals surface area contributed by atoms with Crippen LogP contribution in [0, 0.1) is 6.92 Å². The van der Waals surface area contributed by atoms with E-state index in [1.807, 2.05) is 27.7 Å². The quantitative estimate of drug-likeness (QED) is 0.713. The van der Waals surface area contributed by atoms with Gasteiger partial charge in [-0.05, 0) is 27.7 Å². The third kappa shape index (κ3) is 2.25. The highest BCUT2D eigenvalue weighted by atomic mass is 16.2. The van der Waals surface area contributed by atoms with Crippen molar-refractivity contribution in [2.45, 2.75) is 33.2 Å². The van der Waals surface area contributed by atoms with Crippen LogP contribution in [-0.2, 0) is 5.54 Å². The Bertz CT molecular complexity index is 348. The normalized spacial score (nSPS) is 11.4. The molecule has 1 aromatic rings. The first-order chi connectivity index (χ1) is 6.30. The molecule has 0 saturated heterocycles. The van der Waals surface area contributed by atoms with Crippen LogP contribution in [0.3, 0.4) is 0 Å². The van der Waals surface area contributed by atoms with Gasteiger partial charge in [0.25, 0.3) is 0 Å². The highest BCUT2D eigenvalue weighted by molar-refractivity contribution is 5.86. The van der Waals surface area contributed by atoms with Crippen LogP contribution in [0.1, 0.15) is 26.5 Å². The Hall–Kier alpha value is -1.52. The van der Waals surface area contributed by atoms with Crippen molar-refractivity contribution in [1.82, 2.24) is 9.78 Å². The molecule has 1 rings (SSSR count). The molecule has 0 bridgehead atoms. The fourth-order valence-electron chi connectivity index (χ4n) is 1.23. The van der Waals surface area contributed by atoms with Crippen molar-refractivity contribution >= 4 is 11.8 Å². The molecule has 0 unspecified atom stereocenters. The zero-order valence-corrected chi connectivity index (χ0v) is 8.96. The summed E-state index contributed by atoms with van der Waals surface area (Å²) in [7, 11) is 0. The van der Waals surface area contributed by atoms with Crippen molar-refractivity contribution in [3.63, 3.8) is 0 Å². The molecular weight excluding hydrogens is 180 g/mol. The molecule has 5 nitrogen and oxygen atoms in total. The SMILES string of the molecule is Cc1cc(NC(N)=O)n(C(C)(C)C)n1. The van der Waals surface area contributed by atoms with Gasteiger partial charge in [0, 0.05) is 6.07 Å². The average Bonchev–Trinajstić information content (AvgIpc) is 2.28. The predicted molar refractivity (Wildman–Crippen MR) is 55.2 cm³/mol. The lowest BCUT2D eigenvalue weighted by atomic mass is 10.1. The second kappa shape index (κ2) is 3.32. The number of hydrogen-bond donors (Lipinski definition) is 2. The first-order valence-corrected chi connectivity index (χ1v) is 4.44. The van der Waals surface area contributed by atoms with Crippen molar-refractivity contribution in [3.8, 4) is 0 Å². The second-order valence-electron chi connectivity index (χ2n) is 4.24. The van der Waals surface area contributed by atoms with Crippen LogP contribution < -0.4 is 11.1 Å². The molecular formula is C9H16N4O. The minimum absolute atomic E-state index is 0.175. The van der Waals surface area contributed by atoms with Crippen LogP contribution >= 0.6 is 0 Å². The topological polar surface area (TPSA) is 72.9 Å². The molecule has 1 heterocycles. The molecule has 0 spiro atoms. The molecule has 0 fully saturated rings. The van der Waals surface area contributed by atoms with Crippen LogP contribution in [0.15, 0.2) is 6.07 Å². The third-order valence-electron chi connectivity index (χ3n) is 1.72. The molecule has 5 heteroatoms. The summed E-state index contributed by atoms with van der Waals surface area (Å²) < 4.78 is 1.74. The standard InChI is InChI=1S/C9H16N4O/c1-6-5-7(11-8(10)14)13(12-6)9(2,3)4/h5H,1-4H3,(H3,10,11,14). The van der Waals surface area contributed by atoms with Gasteiger partial charge in [0.15, 0.2) is 0 Å². The molecule has 2 amide bonds. The zero-order valence-electron chi connectivity index (χ0n) is 8.96. The Morgan fingerprint density at radius 2 is 2.14 bits per heavy atom. The lowest BCUT2D eigenvalue weighted by Gasteiger charge is -2.21. The lowest BCUT2D eigenvalue weighted by Crippen LogP contribution is -2.28. The van der Waals surface area contributed by atoms with E-state index in [0.29, 0.717) is 5.82 Å². The molecule has 14 heavy (non-hydrogen) atoms. The Labute approximate surface area is 83.3 Å². The van der Waals surface area contributed by atoms with Crippen LogP contribution in [0.25, 0.3) is 0 Å². The van der Waals surface area contributed by atoms with Gasteiger partial charge in [0.2, 0.25) is 0 Å². The number of urea groups is 1. The zero-order chi connectivity index (χ0) is 10.9. The highest BCUT2D eigenvalue weighted by Gasteiger charge is 2.19. The number of rotatable bonds is 1. The Balaban J connectivity index is 3.09. The Kier molecular flexibility index (Phi) is 2.51. The molecule has 0 aliphatic rings. The predicted octanol–water partition coefficient (Wildman–Crippen LogP) is 1.44. The summed E-state index contributed by atoms with van der Waals surface area (Å²) in [4.78, 5) is 10.7. The Morgan fingerprint density at radius 3 is 2.57 bits per heavy atom. The van der Waals surface area contributed by atoms with E-state index < -0.39 is 6.03 Å². The first-order valence-electron chi connectivity index (χ1n) is 4.44. The van der Waals surface area contributed by atoms with Gasteiger partial charge in [0.05, 0.1) is 11.2 Å². The van der Waals surface area contributed by atoms with Gasteiger partial charge < -0.3 is 5.73 Å². The molecule has 0 atom stereocenters. The molecule has 0 saturated carbocycles. The average molecular weight is 196 g/mol. The number of primary amides is 1. The van der Waals surface area contributed by atoms with Crippen molar-refractivity contribution in [2.75, 3.05) is 5.32 Å². The fraction of sp³-hybridized carbons (Fsp3) is 0.556. The monoisotopic (exact) mass is 196 g/mol. The van der Waals surface area contributed by atoms with Crippen molar-refractivity contribution in [3.05, 3.63) is 11.8 Å². The number of aryl methyl sites for hydroxylation is 1. The van der Waals surface area contributed by atoms with E-state index in [1.165, 1.54) is 0 Å². The maximum absolute atomic E-state index is 10.7. The van der Waals surface area contributed by atoms with Gasteiger partial charge in [-0.15, -0.1) is 0 Å². The van der Waals surface area contributed by atoms with E-state index in [2.05, 4.69) is 10.4 Å². The molecule has 0 aliphatic carbocycles. The van der Waals surface area contributed by atoms with Crippen molar-refractivity contribution < 1.29 is 4.79 Å². The number of nitrogens with zero attached hydrogens (tertiary/aromatic N) is 2. The van der Waals surface area contributed by atoms with Gasteiger partial charge in [-0.1, -0.05) is 0 Å². The highest BCUT2D eigenvalue weighted by Crippen LogP contribution is 2.20. The summed E-state index contributed by atoms with van der Waals surface area (Å²) in [5.41, 5.74) is 5.73. The summed E-state index contributed by atoms with van der Waals surface area (Å²) >= 11 is 0. The third-order valence-corrected chi connectivity index (χ3v) is 1.72. The van der Waals surface area contributed by atoms with Crippen LogP contribution in [0.2, 0.25) is 0 Å². The van der Waals surface area contributed by atoms with Crippen LogP contribution in [0.4, 0.5) is 10.6 Å². The fourth-order valence-corrected chi connectivity index (χ4v) is 1.23. The smallest absolute Gasteiger partial charge is 0.317 e. The molecule has 0 radical (unpaired) electrons. The van der Waals surface area contributed by atoms with E-state index in [-0.39, 0.29) is 5.54 Å². The number of aromatic nitrogens is 2. The van der Waals surface area contributed by atoms with Gasteiger partial charge in [-0.2, -0.15) is 5.10 Å². The minimum Gasteiger partial charge on any atom is -0.351 e. The van der Waals surface area contributed by atoms with Crippen LogP contribution in [-0.4, -0.2) is 15.8 Å². The molecule has 0 aromatic carbocycles.